The fourth-order valence-corrected chi connectivity index (χ4v) is 4.00. The zero-order valence-electron chi connectivity index (χ0n) is 17.4. The number of aromatic nitrogens is 1. The Balaban J connectivity index is 0.000000552. The molecule has 1 amide bonds. The van der Waals surface area contributed by atoms with Crippen LogP contribution in [0.2, 0.25) is 0 Å². The van der Waals surface area contributed by atoms with Crippen LogP contribution in [0.5, 0.6) is 0 Å². The van der Waals surface area contributed by atoms with Gasteiger partial charge < -0.3 is 14.1 Å². The fraction of sp³-hybridized carbons (Fsp3) is 0.391. The number of unbranched alkanes of at least 4 members (excludes halogenated alkanes) is 1. The SMILES string of the molecule is CCCC.Cc1noc2ccc(NC(=O)c3ccc(N4CCCCS4)cc3)cc12. The first-order valence-corrected chi connectivity index (χ1v) is 11.2. The summed E-state index contributed by atoms with van der Waals surface area (Å²) in [5.41, 5.74) is 4.07. The number of hydrogen-bond acceptors (Lipinski definition) is 5. The molecule has 1 fully saturated rings. The molecule has 6 heteroatoms. The predicted octanol–water partition coefficient (Wildman–Crippen LogP) is 6.44. The number of fused-ring (bicyclic) bond motifs is 1. The van der Waals surface area contributed by atoms with Crippen molar-refractivity contribution in [3.8, 4) is 0 Å². The Morgan fingerprint density at radius 1 is 1.14 bits per heavy atom. The lowest BCUT2D eigenvalue weighted by Crippen LogP contribution is -2.21. The topological polar surface area (TPSA) is 58.4 Å². The van der Waals surface area contributed by atoms with Crippen molar-refractivity contribution in [2.24, 2.45) is 0 Å². The maximum atomic E-state index is 12.5. The summed E-state index contributed by atoms with van der Waals surface area (Å²) in [7, 11) is 0. The average molecular weight is 412 g/mol. The molecule has 0 atom stereocenters. The minimum absolute atomic E-state index is 0.119. The molecule has 1 saturated heterocycles. The van der Waals surface area contributed by atoms with Gasteiger partial charge in [-0.05, 0) is 74.2 Å². The smallest absolute Gasteiger partial charge is 0.255 e. The van der Waals surface area contributed by atoms with Crippen molar-refractivity contribution in [2.75, 3.05) is 21.9 Å². The minimum atomic E-state index is -0.119. The van der Waals surface area contributed by atoms with E-state index in [9.17, 15) is 4.79 Å². The number of nitrogens with zero attached hydrogens (tertiary/aromatic N) is 2. The largest absolute Gasteiger partial charge is 0.356 e. The first-order valence-electron chi connectivity index (χ1n) is 10.3. The maximum absolute atomic E-state index is 12.5. The van der Waals surface area contributed by atoms with Crippen LogP contribution in [0.25, 0.3) is 11.0 Å². The van der Waals surface area contributed by atoms with Gasteiger partial charge in [0.15, 0.2) is 5.58 Å². The Kier molecular flexibility index (Phi) is 7.58. The van der Waals surface area contributed by atoms with Crippen LogP contribution in [0, 0.1) is 6.92 Å². The highest BCUT2D eigenvalue weighted by atomic mass is 32.2. The van der Waals surface area contributed by atoms with Gasteiger partial charge in [-0.2, -0.15) is 0 Å². The number of rotatable bonds is 4. The van der Waals surface area contributed by atoms with Crippen molar-refractivity contribution in [1.29, 1.82) is 0 Å². The van der Waals surface area contributed by atoms with E-state index in [0.29, 0.717) is 5.56 Å². The van der Waals surface area contributed by atoms with E-state index < -0.39 is 0 Å². The summed E-state index contributed by atoms with van der Waals surface area (Å²) >= 11 is 1.85. The van der Waals surface area contributed by atoms with E-state index in [4.69, 9.17) is 4.52 Å². The second kappa shape index (κ2) is 10.3. The van der Waals surface area contributed by atoms with E-state index in [-0.39, 0.29) is 5.91 Å². The Morgan fingerprint density at radius 3 is 2.55 bits per heavy atom. The van der Waals surface area contributed by atoms with E-state index in [1.54, 1.807) is 0 Å². The van der Waals surface area contributed by atoms with Gasteiger partial charge in [0, 0.05) is 34.6 Å². The van der Waals surface area contributed by atoms with Crippen LogP contribution in [-0.4, -0.2) is 23.4 Å². The van der Waals surface area contributed by atoms with Crippen LogP contribution in [-0.2, 0) is 0 Å². The van der Waals surface area contributed by atoms with Gasteiger partial charge in [0.1, 0.15) is 0 Å². The van der Waals surface area contributed by atoms with Crippen LogP contribution >= 0.6 is 11.9 Å². The zero-order valence-corrected chi connectivity index (χ0v) is 18.2. The molecule has 4 rings (SSSR count). The third kappa shape index (κ3) is 5.54. The summed E-state index contributed by atoms with van der Waals surface area (Å²) in [6.07, 6.45) is 5.14. The molecule has 29 heavy (non-hydrogen) atoms. The van der Waals surface area contributed by atoms with Gasteiger partial charge in [-0.1, -0.05) is 31.8 Å². The predicted molar refractivity (Wildman–Crippen MR) is 123 cm³/mol. The molecule has 1 aliphatic rings. The number of carbonyl (C=O) groups is 1. The van der Waals surface area contributed by atoms with E-state index in [1.165, 1.54) is 25.7 Å². The number of amides is 1. The second-order valence-corrected chi connectivity index (χ2v) is 8.23. The molecule has 1 N–H and O–H groups in total. The Labute approximate surface area is 177 Å². The first kappa shape index (κ1) is 21.2. The van der Waals surface area contributed by atoms with Crippen molar-refractivity contribution in [3.05, 3.63) is 53.7 Å². The zero-order chi connectivity index (χ0) is 20.6. The van der Waals surface area contributed by atoms with Gasteiger partial charge in [-0.3, -0.25) is 4.79 Å². The summed E-state index contributed by atoms with van der Waals surface area (Å²) in [5, 5.41) is 7.79. The lowest BCUT2D eigenvalue weighted by Gasteiger charge is -2.27. The molecule has 3 aromatic rings. The van der Waals surface area contributed by atoms with E-state index in [2.05, 4.69) is 28.6 Å². The highest BCUT2D eigenvalue weighted by molar-refractivity contribution is 8.00. The summed E-state index contributed by atoms with van der Waals surface area (Å²) < 4.78 is 7.49. The van der Waals surface area contributed by atoms with Crippen molar-refractivity contribution < 1.29 is 9.32 Å². The fourth-order valence-electron chi connectivity index (χ4n) is 2.92. The van der Waals surface area contributed by atoms with Crippen LogP contribution in [0.15, 0.2) is 47.0 Å². The number of carbonyl (C=O) groups excluding carboxylic acids is 1. The molecular formula is C23H29N3O2S. The lowest BCUT2D eigenvalue weighted by molar-refractivity contribution is 0.102. The minimum Gasteiger partial charge on any atom is -0.356 e. The van der Waals surface area contributed by atoms with Crippen molar-refractivity contribution in [1.82, 2.24) is 5.16 Å². The quantitative estimate of drug-likeness (QED) is 0.500. The van der Waals surface area contributed by atoms with Gasteiger partial charge >= 0.3 is 0 Å². The summed E-state index contributed by atoms with van der Waals surface area (Å²) in [6.45, 7) is 7.31. The molecule has 1 aliphatic heterocycles. The number of hydrogen-bond donors (Lipinski definition) is 1. The van der Waals surface area contributed by atoms with Gasteiger partial charge in [0.2, 0.25) is 0 Å². The van der Waals surface area contributed by atoms with Gasteiger partial charge in [-0.25, -0.2) is 0 Å². The molecular weight excluding hydrogens is 382 g/mol. The molecule has 0 radical (unpaired) electrons. The number of benzene rings is 2. The monoisotopic (exact) mass is 411 g/mol. The van der Waals surface area contributed by atoms with Gasteiger partial charge in [-0.15, -0.1) is 0 Å². The summed E-state index contributed by atoms with van der Waals surface area (Å²) in [6, 6.07) is 13.3. The Hall–Kier alpha value is -2.47. The van der Waals surface area contributed by atoms with Gasteiger partial charge in [0.25, 0.3) is 5.91 Å². The first-order chi connectivity index (χ1) is 14.1. The van der Waals surface area contributed by atoms with Crippen molar-refractivity contribution >= 4 is 40.2 Å². The molecule has 0 aliphatic carbocycles. The molecule has 5 nitrogen and oxygen atoms in total. The normalized spacial score (nSPS) is 13.7. The van der Waals surface area contributed by atoms with Crippen molar-refractivity contribution in [2.45, 2.75) is 46.5 Å². The third-order valence-electron chi connectivity index (χ3n) is 4.83. The molecule has 154 valence electrons. The highest BCUT2D eigenvalue weighted by Gasteiger charge is 2.13. The Bertz CT molecular complexity index is 929. The summed E-state index contributed by atoms with van der Waals surface area (Å²) in [4.78, 5) is 12.5. The molecule has 1 aromatic heterocycles. The molecule has 2 heterocycles. The van der Waals surface area contributed by atoms with Crippen LogP contribution in [0.1, 0.15) is 55.6 Å². The van der Waals surface area contributed by atoms with Crippen molar-refractivity contribution in [3.63, 3.8) is 0 Å². The van der Waals surface area contributed by atoms with E-state index >= 15 is 0 Å². The average Bonchev–Trinajstić information content (AvgIpc) is 3.15. The third-order valence-corrected chi connectivity index (χ3v) is 6.00. The summed E-state index contributed by atoms with van der Waals surface area (Å²) in [5.74, 6) is 1.04. The maximum Gasteiger partial charge on any atom is 0.255 e. The number of aryl methyl sites for hydroxylation is 1. The van der Waals surface area contributed by atoms with E-state index in [1.807, 2.05) is 61.3 Å². The number of nitrogens with one attached hydrogen (secondary N) is 1. The van der Waals surface area contributed by atoms with Gasteiger partial charge in [0.05, 0.1) is 5.69 Å². The van der Waals surface area contributed by atoms with Crippen LogP contribution in [0.4, 0.5) is 11.4 Å². The Morgan fingerprint density at radius 2 is 1.90 bits per heavy atom. The standard InChI is InChI=1S/C19H19N3O2S.C4H10/c1-13-17-12-15(6-9-18(17)24-21-13)20-19(23)14-4-7-16(8-5-14)22-10-2-3-11-25-22;1-3-4-2/h4-9,12H,2-3,10-11H2,1H3,(H,20,23);3-4H2,1-2H3. The number of anilines is 2. The van der Waals surface area contributed by atoms with E-state index in [0.717, 1.165) is 40.3 Å². The molecule has 0 unspecified atom stereocenters. The molecule has 2 aromatic carbocycles. The highest BCUT2D eigenvalue weighted by Crippen LogP contribution is 2.28. The van der Waals surface area contributed by atoms with Crippen LogP contribution in [0.3, 0.4) is 0 Å². The molecule has 0 saturated carbocycles. The van der Waals surface area contributed by atoms with Crippen LogP contribution < -0.4 is 9.62 Å². The lowest BCUT2D eigenvalue weighted by atomic mass is 10.1. The molecule has 0 bridgehead atoms. The molecule has 0 spiro atoms. The second-order valence-electron chi connectivity index (χ2n) is 7.12.